The fourth-order valence-corrected chi connectivity index (χ4v) is 19.3. The van der Waals surface area contributed by atoms with Crippen LogP contribution in [0.25, 0.3) is 0 Å². The molecule has 5 amide bonds. The van der Waals surface area contributed by atoms with Crippen LogP contribution in [0.4, 0.5) is 0 Å². The van der Waals surface area contributed by atoms with E-state index in [2.05, 4.69) is 26.6 Å². The van der Waals surface area contributed by atoms with E-state index < -0.39 is 477 Å². The molecule has 1 unspecified atom stereocenters. The number of carbonyl (C=O) groups is 5. The molecule has 0 aromatic carbocycles. The normalized spacial score (nSPS) is 49.3. The average molecular weight is 2170 g/mol. The third-order valence-electron chi connectivity index (χ3n) is 27.1. The minimum Gasteiger partial charge on any atom is -0.394 e. The summed E-state index contributed by atoms with van der Waals surface area (Å²) in [5, 5.41) is 385. The minimum absolute atomic E-state index is 0.850. The van der Waals surface area contributed by atoms with Crippen LogP contribution >= 0.6 is 0 Å². The molecule has 0 aromatic heterocycles. The number of carbonyl (C=O) groups excluding carboxylic acids is 5. The van der Waals surface area contributed by atoms with E-state index in [9.17, 15) is 192 Å². The number of aliphatic hydroxyl groups excluding tert-OH is 33. The van der Waals surface area contributed by atoms with E-state index >= 15 is 0 Å². The molecule has 66 nitrogen and oxygen atoms in total. The van der Waals surface area contributed by atoms with Crippen LogP contribution < -0.4 is 26.6 Å². The average Bonchev–Trinajstić information content (AvgIpc) is 0.749. The lowest BCUT2D eigenvalue weighted by atomic mass is 9.93. The Labute approximate surface area is 837 Å². The van der Waals surface area contributed by atoms with Gasteiger partial charge in [-0.15, -0.1) is 0 Å². The van der Waals surface area contributed by atoms with Crippen molar-refractivity contribution >= 4 is 29.5 Å². The fourth-order valence-electron chi connectivity index (χ4n) is 19.3. The SMILES string of the molecule is CC(=O)N[C@H]1[C@H](O[C@H]2[C@H](O)[C@@H](NC(C)=O)C(O)O[C@@H]2CO)O[C@H](CO)[C@@H](O[C@@H]2O[C@H](CO[C@H]3O[C@H](CO)[C@@H](O)[C@H](O)[C@@H]3O[C@@H]3O[C@H](CO)[C@@H](O[C@@H]4O[C@H](CO)[C@H](O)[C@H](O[C@H]5O[C@H](CO)[C@H](O)[C@H](O)[C@H]5O)[C@H]4O)[C@H](O)[C@H]3NC(C)=O)[C@@H](O[C@@H]3O[C@H](CO)[C@@H](O)[C@H](O)[C@H]3NC(C)=O)[C@H](O[C@H]3O[C@H](CO)[C@@H](O)[C@H](O)[C@@H]3O[C@@H]3O[C@H](CO)[C@@H](O[C@@H]4O[C@H](CO)[C@H](O)[C@H](O[C@H]5O[C@H](CO)[C@H](O)[C@H](O)[C@H]5O)[C@H]4O)[C@H](O)[C@H]3NC(C)=O)[C@@H]2O)[C@@H]1O. The highest BCUT2D eigenvalue weighted by Crippen LogP contribution is 2.44. The largest absolute Gasteiger partial charge is 0.394 e. The summed E-state index contributed by atoms with van der Waals surface area (Å²) in [4.78, 5) is 65.9. The molecule has 0 spiro atoms. The molecule has 0 bridgehead atoms. The van der Waals surface area contributed by atoms with E-state index in [-0.39, 0.29) is 0 Å². The summed E-state index contributed by atoms with van der Waals surface area (Å²) in [5.41, 5.74) is 0. The predicted octanol–water partition coefficient (Wildman–Crippen LogP) is -26.4. The standard InChI is InChI=1S/C82H137N5O61/c1-18(99)83-35-48(112)61(30(13-95)127-71(35)125)139-73-37(85-20(3)101)49(113)64(31(14-96)135-73)142-80-60(124)68(146-82-70(55(119)44(108)27(10-92)134-82)148-75-39(87-22(5)103)51(115)63(33(16-98)137-75)141-79-59(123)67(46(110)29(12-94)132-79)145-77-57(121)53(117)42(106)25(8-90)130-77)65(143-72-36(84-19(2)100)47(111)40(104)23(6-88)128-72)34(138-80)17-126-81-69(54(118)43(107)26(9-91)133-81)147-74-38(86-21(4)102)50(114)62(32(15-97)136-74)140-78-58(122)66(45(109)28(11-93)131-78)144-76-56(120)52(116)41(105)24(7-89)129-76/h23-82,88-98,104-125H,6-17H2,1-5H3,(H,83,99)(H,84,100)(H,85,101)(H,86,102)(H,87,103)/t23-,24-,25-,26-,27-,28-,29-,30-,31-,32-,33-,34-,35-,36-,37-,38-,39-,40-,41+,42+,43-,44-,45+,46+,47-,48-,49-,50-,51-,52+,53+,54+,55+,56-,57-,58-,59-,60+,61-,62-,63-,64-,65-,66+,67+,68-,69+,70+,71?,72+,73+,74+,75+,76-,77-,78+,79+,80+,81+,82-/m1/s1. The van der Waals surface area contributed by atoms with E-state index in [4.69, 9.17) is 109 Å². The number of nitrogens with one attached hydrogen (secondary N) is 5. The summed E-state index contributed by atoms with van der Waals surface area (Å²) in [7, 11) is 0. The predicted molar refractivity (Wildman–Crippen MR) is 453 cm³/mol. The van der Waals surface area contributed by atoms with Crippen molar-refractivity contribution in [2.75, 3.05) is 79.3 Å². The number of amides is 5. The van der Waals surface area contributed by atoms with Crippen molar-refractivity contribution < 1.29 is 301 Å². The van der Waals surface area contributed by atoms with Crippen LogP contribution in [-0.4, -0.2) is 645 Å². The zero-order chi connectivity index (χ0) is 109. The van der Waals surface area contributed by atoms with Gasteiger partial charge in [-0.05, 0) is 0 Å². The lowest BCUT2D eigenvalue weighted by Gasteiger charge is -2.52. The summed E-state index contributed by atoms with van der Waals surface area (Å²) in [6.45, 7) is -10.2. The minimum atomic E-state index is -2.86. The van der Waals surface area contributed by atoms with Crippen LogP contribution in [0.2, 0.25) is 0 Å². The molecule has 856 valence electrons. The van der Waals surface area contributed by atoms with Crippen molar-refractivity contribution in [1.29, 1.82) is 0 Å². The molecular formula is C82H137N5O61. The molecule has 0 saturated carbocycles. The van der Waals surface area contributed by atoms with E-state index in [1.165, 1.54) is 0 Å². The molecule has 12 aliphatic rings. The van der Waals surface area contributed by atoms with Gasteiger partial charge < -0.3 is 304 Å². The molecule has 0 aromatic rings. The van der Waals surface area contributed by atoms with Gasteiger partial charge in [0, 0.05) is 34.6 Å². The van der Waals surface area contributed by atoms with Crippen LogP contribution in [0, 0.1) is 0 Å². The molecule has 12 saturated heterocycles. The van der Waals surface area contributed by atoms with Gasteiger partial charge in [0.15, 0.2) is 75.5 Å². The summed E-state index contributed by atoms with van der Waals surface area (Å²) in [6, 6.07) is -10.3. The van der Waals surface area contributed by atoms with E-state index in [1.807, 2.05) is 0 Å². The van der Waals surface area contributed by atoms with Gasteiger partial charge in [0.1, 0.15) is 293 Å². The van der Waals surface area contributed by atoms with Gasteiger partial charge in [-0.25, -0.2) is 0 Å². The molecule has 38 N–H and O–H groups in total. The quantitative estimate of drug-likeness (QED) is 0.0272. The number of ether oxygens (including phenoxy) is 23. The Morgan fingerprint density at radius 3 is 0.716 bits per heavy atom. The van der Waals surface area contributed by atoms with Gasteiger partial charge >= 0.3 is 0 Å². The molecule has 0 aliphatic carbocycles. The van der Waals surface area contributed by atoms with Crippen molar-refractivity contribution in [1.82, 2.24) is 26.6 Å². The maximum Gasteiger partial charge on any atom is 0.217 e. The first kappa shape index (κ1) is 122. The second kappa shape index (κ2) is 53.4. The molecule has 12 fully saturated rings. The van der Waals surface area contributed by atoms with Gasteiger partial charge in [-0.2, -0.15) is 0 Å². The molecule has 66 heteroatoms. The van der Waals surface area contributed by atoms with E-state index in [1.54, 1.807) is 0 Å². The Hall–Kier alpha value is -4.89. The maximum absolute atomic E-state index is 13.5. The van der Waals surface area contributed by atoms with Gasteiger partial charge in [-0.1, -0.05) is 0 Å². The Morgan fingerprint density at radius 2 is 0.385 bits per heavy atom. The molecule has 12 rings (SSSR count). The maximum atomic E-state index is 13.5. The number of hydrogen-bond acceptors (Lipinski definition) is 61. The molecule has 12 aliphatic heterocycles. The molecule has 0 radical (unpaired) electrons. The highest BCUT2D eigenvalue weighted by atomic mass is 16.8. The van der Waals surface area contributed by atoms with Crippen molar-refractivity contribution in [3.8, 4) is 0 Å². The third-order valence-corrected chi connectivity index (χ3v) is 27.1. The van der Waals surface area contributed by atoms with Crippen molar-refractivity contribution in [2.24, 2.45) is 0 Å². The van der Waals surface area contributed by atoms with Crippen LogP contribution in [0.15, 0.2) is 0 Å². The first-order valence-corrected chi connectivity index (χ1v) is 47.2. The van der Waals surface area contributed by atoms with Gasteiger partial charge in [0.2, 0.25) is 29.5 Å². The first-order valence-electron chi connectivity index (χ1n) is 47.2. The molecule has 60 atom stereocenters. The zero-order valence-electron chi connectivity index (χ0n) is 79.3. The zero-order valence-corrected chi connectivity index (χ0v) is 79.3. The topological polar surface area (TPSA) is 1030 Å². The number of aliphatic hydroxyl groups is 33. The second-order valence-corrected chi connectivity index (χ2v) is 37.3. The molecule has 148 heavy (non-hydrogen) atoms. The molecule has 12 heterocycles. The first-order chi connectivity index (χ1) is 70.1. The smallest absolute Gasteiger partial charge is 0.217 e. The third kappa shape index (κ3) is 26.7. The number of hydrogen-bond donors (Lipinski definition) is 38. The highest BCUT2D eigenvalue weighted by Gasteiger charge is 2.65. The summed E-state index contributed by atoms with van der Waals surface area (Å²) in [5.74, 6) is -5.11. The Kier molecular flexibility index (Phi) is 43.9. The van der Waals surface area contributed by atoms with E-state index in [0.29, 0.717) is 0 Å². The summed E-state index contributed by atoms with van der Waals surface area (Å²) in [6.07, 6.45) is -123. The lowest BCUT2D eigenvalue weighted by molar-refractivity contribution is -0.409. The summed E-state index contributed by atoms with van der Waals surface area (Å²) >= 11 is 0. The lowest BCUT2D eigenvalue weighted by Crippen LogP contribution is -2.72. The van der Waals surface area contributed by atoms with E-state index in [0.717, 1.165) is 34.6 Å². The molecular weight excluding hydrogens is 2030 g/mol. The fraction of sp³-hybridized carbons (Fsp3) is 0.939. The van der Waals surface area contributed by atoms with Gasteiger partial charge in [0.05, 0.1) is 79.3 Å². The van der Waals surface area contributed by atoms with Crippen LogP contribution in [0.3, 0.4) is 0 Å². The van der Waals surface area contributed by atoms with Gasteiger partial charge in [0.25, 0.3) is 0 Å². The Bertz CT molecular complexity index is 4130. The van der Waals surface area contributed by atoms with Crippen molar-refractivity contribution in [3.05, 3.63) is 0 Å². The highest BCUT2D eigenvalue weighted by molar-refractivity contribution is 5.75. The summed E-state index contributed by atoms with van der Waals surface area (Å²) < 4.78 is 139. The monoisotopic (exact) mass is 2170 g/mol. The van der Waals surface area contributed by atoms with Crippen molar-refractivity contribution in [3.63, 3.8) is 0 Å². The number of rotatable bonds is 39. The van der Waals surface area contributed by atoms with Crippen LogP contribution in [0.5, 0.6) is 0 Å². The van der Waals surface area contributed by atoms with Crippen molar-refractivity contribution in [2.45, 2.75) is 403 Å². The van der Waals surface area contributed by atoms with Crippen LogP contribution in [-0.2, 0) is 133 Å². The Morgan fingerprint density at radius 1 is 0.176 bits per heavy atom. The van der Waals surface area contributed by atoms with Crippen LogP contribution in [0.1, 0.15) is 34.6 Å². The Balaban J connectivity index is 0.931. The second-order valence-electron chi connectivity index (χ2n) is 37.3. The van der Waals surface area contributed by atoms with Gasteiger partial charge in [-0.3, -0.25) is 24.0 Å².